The van der Waals surface area contributed by atoms with Crippen molar-refractivity contribution < 1.29 is 9.47 Å². The summed E-state index contributed by atoms with van der Waals surface area (Å²) >= 11 is 0. The molecule has 34 heavy (non-hydrogen) atoms. The van der Waals surface area contributed by atoms with Gasteiger partial charge < -0.3 is 19.7 Å². The number of hydrogen-bond acceptors (Lipinski definition) is 7. The molecule has 0 aliphatic carbocycles. The summed E-state index contributed by atoms with van der Waals surface area (Å²) in [5.74, 6) is 2.67. The van der Waals surface area contributed by atoms with E-state index >= 15 is 0 Å². The van der Waals surface area contributed by atoms with E-state index < -0.39 is 0 Å². The molecule has 1 saturated heterocycles. The second-order valence-electron chi connectivity index (χ2n) is 8.54. The van der Waals surface area contributed by atoms with Crippen molar-refractivity contribution in [2.45, 2.75) is 52.7 Å². The molecule has 2 unspecified atom stereocenters. The topological polar surface area (TPSA) is 72.4 Å². The summed E-state index contributed by atoms with van der Waals surface area (Å²) in [6, 6.07) is 12.2. The van der Waals surface area contributed by atoms with Crippen molar-refractivity contribution in [3.05, 3.63) is 59.5 Å². The Kier molecular flexibility index (Phi) is 7.63. The number of aryl methyl sites for hydroxylation is 3. The molecule has 0 bridgehead atoms. The van der Waals surface area contributed by atoms with Crippen LogP contribution < -0.4 is 15.0 Å². The zero-order valence-electron chi connectivity index (χ0n) is 20.8. The molecule has 1 aromatic carbocycles. The van der Waals surface area contributed by atoms with Gasteiger partial charge in [0.15, 0.2) is 0 Å². The van der Waals surface area contributed by atoms with E-state index in [1.165, 1.54) is 0 Å². The fourth-order valence-corrected chi connectivity index (χ4v) is 4.56. The van der Waals surface area contributed by atoms with Crippen LogP contribution in [0, 0.1) is 6.92 Å². The van der Waals surface area contributed by atoms with Crippen molar-refractivity contribution >= 4 is 11.6 Å². The van der Waals surface area contributed by atoms with Gasteiger partial charge in [-0.15, -0.1) is 0 Å². The summed E-state index contributed by atoms with van der Waals surface area (Å²) in [6.45, 7) is 10.6. The van der Waals surface area contributed by atoms with Crippen molar-refractivity contribution in [3.8, 4) is 17.0 Å². The normalized spacial score (nSPS) is 17.7. The summed E-state index contributed by atoms with van der Waals surface area (Å²) in [6.07, 6.45) is 3.47. The second kappa shape index (κ2) is 10.8. The number of nitrogens with zero attached hydrogens (tertiary/aromatic N) is 4. The third kappa shape index (κ3) is 4.99. The molecule has 3 heterocycles. The van der Waals surface area contributed by atoms with Gasteiger partial charge in [0.1, 0.15) is 17.4 Å². The van der Waals surface area contributed by atoms with Crippen LogP contribution in [0.3, 0.4) is 0 Å². The lowest BCUT2D eigenvalue weighted by molar-refractivity contribution is 0.0719. The number of methoxy groups -OCH3 is 1. The van der Waals surface area contributed by atoms with E-state index in [1.54, 1.807) is 7.11 Å². The molecule has 3 aromatic rings. The minimum atomic E-state index is 0.0482. The van der Waals surface area contributed by atoms with Gasteiger partial charge in [-0.1, -0.05) is 19.9 Å². The van der Waals surface area contributed by atoms with Crippen LogP contribution in [0.2, 0.25) is 0 Å². The molecule has 2 atom stereocenters. The highest BCUT2D eigenvalue weighted by molar-refractivity contribution is 5.68. The molecule has 1 aliphatic rings. The highest BCUT2D eigenvalue weighted by Gasteiger charge is 2.35. The number of hydrogen-bond donors (Lipinski definition) is 1. The van der Waals surface area contributed by atoms with E-state index in [0.29, 0.717) is 6.61 Å². The first-order valence-corrected chi connectivity index (χ1v) is 12.2. The van der Waals surface area contributed by atoms with Gasteiger partial charge in [0, 0.05) is 31.5 Å². The Balaban J connectivity index is 1.65. The van der Waals surface area contributed by atoms with Crippen LogP contribution >= 0.6 is 0 Å². The summed E-state index contributed by atoms with van der Waals surface area (Å²) < 4.78 is 11.5. The van der Waals surface area contributed by atoms with Crippen molar-refractivity contribution in [1.82, 2.24) is 15.0 Å². The maximum absolute atomic E-state index is 6.11. The zero-order chi connectivity index (χ0) is 24.1. The van der Waals surface area contributed by atoms with E-state index in [-0.39, 0.29) is 12.1 Å². The average molecular weight is 462 g/mol. The number of pyridine rings is 1. The van der Waals surface area contributed by atoms with Gasteiger partial charge in [-0.25, -0.2) is 15.0 Å². The monoisotopic (exact) mass is 461 g/mol. The standard InChI is InChI=1S/C27H35N5O2/c1-6-21-26(20-13-12-19(33-5)15-18(20)4)29-22(7-2)27(30-21)31-23-16-32(17-24(23)34-8-3)25-11-9-10-14-28-25/h9-15,23-24H,6-8,16-17H2,1-5H3,(H,30,31). The van der Waals surface area contributed by atoms with Gasteiger partial charge in [-0.2, -0.15) is 0 Å². The Morgan fingerprint density at radius 2 is 1.85 bits per heavy atom. The molecular weight excluding hydrogens is 426 g/mol. The fourth-order valence-electron chi connectivity index (χ4n) is 4.56. The molecule has 1 aliphatic heterocycles. The van der Waals surface area contributed by atoms with E-state index in [9.17, 15) is 0 Å². The number of ether oxygens (including phenoxy) is 2. The number of rotatable bonds is 9. The number of benzene rings is 1. The molecule has 1 N–H and O–H groups in total. The third-order valence-corrected chi connectivity index (χ3v) is 6.34. The van der Waals surface area contributed by atoms with Gasteiger partial charge >= 0.3 is 0 Å². The smallest absolute Gasteiger partial charge is 0.148 e. The largest absolute Gasteiger partial charge is 0.497 e. The van der Waals surface area contributed by atoms with Crippen LogP contribution in [0.15, 0.2) is 42.6 Å². The third-order valence-electron chi connectivity index (χ3n) is 6.34. The van der Waals surface area contributed by atoms with Crippen LogP contribution in [0.1, 0.15) is 37.7 Å². The SMILES string of the molecule is CCOC1CN(c2ccccn2)CC1Nc1nc(CC)c(-c2ccc(OC)cc2C)nc1CC. The maximum atomic E-state index is 6.11. The summed E-state index contributed by atoms with van der Waals surface area (Å²) in [7, 11) is 1.69. The Bertz CT molecular complexity index is 1110. The first-order valence-electron chi connectivity index (χ1n) is 12.2. The number of nitrogens with one attached hydrogen (secondary N) is 1. The molecule has 2 aromatic heterocycles. The predicted molar refractivity (Wildman–Crippen MR) is 137 cm³/mol. The molecule has 180 valence electrons. The first kappa shape index (κ1) is 24.0. The summed E-state index contributed by atoms with van der Waals surface area (Å²) in [4.78, 5) is 17.0. The van der Waals surface area contributed by atoms with E-state index in [0.717, 1.165) is 71.5 Å². The molecule has 0 radical (unpaired) electrons. The molecule has 0 spiro atoms. The molecule has 7 heteroatoms. The minimum absolute atomic E-state index is 0.0482. The maximum Gasteiger partial charge on any atom is 0.148 e. The van der Waals surface area contributed by atoms with Crippen LogP contribution in [-0.2, 0) is 17.6 Å². The summed E-state index contributed by atoms with van der Waals surface area (Å²) in [5, 5.41) is 3.69. The van der Waals surface area contributed by atoms with Gasteiger partial charge in [0.25, 0.3) is 0 Å². The average Bonchev–Trinajstić information content (AvgIpc) is 3.26. The predicted octanol–water partition coefficient (Wildman–Crippen LogP) is 4.69. The lowest BCUT2D eigenvalue weighted by atomic mass is 10.0. The van der Waals surface area contributed by atoms with E-state index in [1.807, 2.05) is 43.5 Å². The lowest BCUT2D eigenvalue weighted by Gasteiger charge is -2.22. The van der Waals surface area contributed by atoms with E-state index in [2.05, 4.69) is 42.0 Å². The lowest BCUT2D eigenvalue weighted by Crippen LogP contribution is -2.35. The number of anilines is 2. The molecular formula is C27H35N5O2. The highest BCUT2D eigenvalue weighted by atomic mass is 16.5. The fraction of sp³-hybridized carbons (Fsp3) is 0.444. The van der Waals surface area contributed by atoms with Crippen LogP contribution in [0.5, 0.6) is 5.75 Å². The van der Waals surface area contributed by atoms with Gasteiger partial charge in [0.05, 0.1) is 36.3 Å². The van der Waals surface area contributed by atoms with Gasteiger partial charge in [-0.05, 0) is 62.6 Å². The molecule has 1 fully saturated rings. The van der Waals surface area contributed by atoms with Gasteiger partial charge in [0.2, 0.25) is 0 Å². The Hall–Kier alpha value is -3.19. The number of aromatic nitrogens is 3. The molecule has 0 saturated carbocycles. The van der Waals surface area contributed by atoms with Crippen molar-refractivity contribution in [3.63, 3.8) is 0 Å². The summed E-state index contributed by atoms with van der Waals surface area (Å²) in [5.41, 5.74) is 5.13. The van der Waals surface area contributed by atoms with E-state index in [4.69, 9.17) is 19.4 Å². The Morgan fingerprint density at radius 1 is 1.03 bits per heavy atom. The quantitative estimate of drug-likeness (QED) is 0.496. The van der Waals surface area contributed by atoms with Crippen LogP contribution in [-0.4, -0.2) is 53.9 Å². The van der Waals surface area contributed by atoms with Crippen molar-refractivity contribution in [1.29, 1.82) is 0 Å². The van der Waals surface area contributed by atoms with Crippen LogP contribution in [0.25, 0.3) is 11.3 Å². The van der Waals surface area contributed by atoms with Crippen molar-refractivity contribution in [2.75, 3.05) is 37.0 Å². The van der Waals surface area contributed by atoms with Gasteiger partial charge in [-0.3, -0.25) is 0 Å². The van der Waals surface area contributed by atoms with Crippen molar-refractivity contribution in [2.24, 2.45) is 0 Å². The minimum Gasteiger partial charge on any atom is -0.497 e. The molecule has 0 amide bonds. The Labute approximate surface area is 202 Å². The molecule has 7 nitrogen and oxygen atoms in total. The highest BCUT2D eigenvalue weighted by Crippen LogP contribution is 2.31. The van der Waals surface area contributed by atoms with Crippen LogP contribution in [0.4, 0.5) is 11.6 Å². The second-order valence-corrected chi connectivity index (χ2v) is 8.54. The molecule has 4 rings (SSSR count). The first-order chi connectivity index (χ1) is 16.6. The zero-order valence-corrected chi connectivity index (χ0v) is 20.8. The Morgan fingerprint density at radius 3 is 2.50 bits per heavy atom.